The Morgan fingerprint density at radius 1 is 1.14 bits per heavy atom. The number of aryl methyl sites for hydroxylation is 3. The van der Waals surface area contributed by atoms with Gasteiger partial charge in [-0.15, -0.1) is 0 Å². The van der Waals surface area contributed by atoms with Crippen molar-refractivity contribution < 1.29 is 13.2 Å². The summed E-state index contributed by atoms with van der Waals surface area (Å²) in [5, 5.41) is 3.37. The van der Waals surface area contributed by atoms with Crippen LogP contribution in [0.25, 0.3) is 0 Å². The van der Waals surface area contributed by atoms with Crippen LogP contribution < -0.4 is 9.62 Å². The third kappa shape index (κ3) is 4.86. The molecular formula is C21H27ClN2O3S. The van der Waals surface area contributed by atoms with Gasteiger partial charge in [0.25, 0.3) is 0 Å². The Labute approximate surface area is 172 Å². The number of carbonyl (C=O) groups excluding carboxylic acids is 1. The molecule has 1 atom stereocenters. The van der Waals surface area contributed by atoms with Crippen molar-refractivity contribution in [2.75, 3.05) is 15.9 Å². The van der Waals surface area contributed by atoms with Crippen LogP contribution in [0.1, 0.15) is 37.0 Å². The summed E-state index contributed by atoms with van der Waals surface area (Å²) in [5.74, 6) is -0.365. The van der Waals surface area contributed by atoms with Crippen molar-refractivity contribution in [3.63, 3.8) is 0 Å². The Morgan fingerprint density at radius 3 is 2.39 bits per heavy atom. The molecule has 0 saturated heterocycles. The zero-order valence-corrected chi connectivity index (χ0v) is 18.5. The third-order valence-electron chi connectivity index (χ3n) is 4.73. The zero-order chi connectivity index (χ0) is 21.1. The van der Waals surface area contributed by atoms with Crippen LogP contribution in [0.2, 0.25) is 5.02 Å². The van der Waals surface area contributed by atoms with Gasteiger partial charge in [-0.2, -0.15) is 0 Å². The third-order valence-corrected chi connectivity index (χ3v) is 6.13. The number of carbonyl (C=O) groups is 1. The van der Waals surface area contributed by atoms with E-state index in [0.717, 1.165) is 35.1 Å². The van der Waals surface area contributed by atoms with Crippen molar-refractivity contribution >= 4 is 38.9 Å². The molecular weight excluding hydrogens is 396 g/mol. The number of halogens is 1. The molecule has 0 aromatic heterocycles. The van der Waals surface area contributed by atoms with Crippen molar-refractivity contribution in [2.24, 2.45) is 0 Å². The first kappa shape index (κ1) is 22.2. The van der Waals surface area contributed by atoms with Crippen LogP contribution >= 0.6 is 11.6 Å². The second-order valence-corrected chi connectivity index (χ2v) is 9.16. The Morgan fingerprint density at radius 2 is 1.82 bits per heavy atom. The number of amides is 1. The highest BCUT2D eigenvalue weighted by atomic mass is 35.5. The first-order chi connectivity index (χ1) is 13.1. The number of para-hydroxylation sites is 1. The fourth-order valence-corrected chi connectivity index (χ4v) is 4.69. The molecule has 0 aliphatic heterocycles. The van der Waals surface area contributed by atoms with E-state index in [4.69, 9.17) is 11.6 Å². The van der Waals surface area contributed by atoms with Crippen LogP contribution in [0.5, 0.6) is 0 Å². The number of benzene rings is 2. The number of sulfonamides is 1. The van der Waals surface area contributed by atoms with Crippen LogP contribution in [0.15, 0.2) is 36.4 Å². The summed E-state index contributed by atoms with van der Waals surface area (Å²) < 4.78 is 26.5. The van der Waals surface area contributed by atoms with Gasteiger partial charge in [0.2, 0.25) is 15.9 Å². The van der Waals surface area contributed by atoms with E-state index in [0.29, 0.717) is 17.1 Å². The number of hydrogen-bond donors (Lipinski definition) is 1. The molecule has 0 saturated carbocycles. The summed E-state index contributed by atoms with van der Waals surface area (Å²) in [7, 11) is -3.72. The molecule has 28 heavy (non-hydrogen) atoms. The standard InChI is InChI=1S/C21H27ClN2O3S/c1-6-16-10-8-9-15(4)20(16)23-21(25)18(7-2)24(28(5,26)27)19-13-17(22)12-11-14(19)3/h8-13,18H,6-7H2,1-5H3,(H,23,25)/t18-/m0/s1. The Bertz CT molecular complexity index is 974. The van der Waals surface area contributed by atoms with Gasteiger partial charge in [0, 0.05) is 10.7 Å². The number of nitrogens with one attached hydrogen (secondary N) is 1. The van der Waals surface area contributed by atoms with Crippen molar-refractivity contribution in [3.05, 3.63) is 58.1 Å². The molecule has 5 nitrogen and oxygen atoms in total. The van der Waals surface area contributed by atoms with Crippen molar-refractivity contribution in [3.8, 4) is 0 Å². The van der Waals surface area contributed by atoms with Crippen molar-refractivity contribution in [2.45, 2.75) is 46.6 Å². The maximum absolute atomic E-state index is 13.2. The maximum atomic E-state index is 13.2. The average molecular weight is 423 g/mol. The highest BCUT2D eigenvalue weighted by molar-refractivity contribution is 7.92. The highest BCUT2D eigenvalue weighted by Crippen LogP contribution is 2.30. The fourth-order valence-electron chi connectivity index (χ4n) is 3.26. The topological polar surface area (TPSA) is 66.5 Å². The van der Waals surface area contributed by atoms with Gasteiger partial charge >= 0.3 is 0 Å². The fraction of sp³-hybridized carbons (Fsp3) is 0.381. The van der Waals surface area contributed by atoms with Gasteiger partial charge in [-0.05, 0) is 55.5 Å². The molecule has 0 aliphatic rings. The minimum Gasteiger partial charge on any atom is -0.324 e. The highest BCUT2D eigenvalue weighted by Gasteiger charge is 2.33. The normalized spacial score (nSPS) is 12.5. The second-order valence-electron chi connectivity index (χ2n) is 6.87. The Hall–Kier alpha value is -2.05. The summed E-state index contributed by atoms with van der Waals surface area (Å²) in [5.41, 5.74) is 3.83. The lowest BCUT2D eigenvalue weighted by Crippen LogP contribution is -2.47. The summed E-state index contributed by atoms with van der Waals surface area (Å²) in [6.45, 7) is 7.52. The van der Waals surface area contributed by atoms with Crippen molar-refractivity contribution in [1.82, 2.24) is 0 Å². The molecule has 2 aromatic carbocycles. The molecule has 0 bridgehead atoms. The van der Waals surface area contributed by atoms with Gasteiger partial charge in [-0.25, -0.2) is 8.42 Å². The van der Waals surface area contributed by atoms with Gasteiger partial charge in [0.15, 0.2) is 0 Å². The number of hydrogen-bond acceptors (Lipinski definition) is 3. The van der Waals surface area contributed by atoms with E-state index in [-0.39, 0.29) is 5.91 Å². The number of nitrogens with zero attached hydrogens (tertiary/aromatic N) is 1. The molecule has 0 spiro atoms. The van der Waals surface area contributed by atoms with Crippen LogP contribution in [-0.4, -0.2) is 26.6 Å². The van der Waals surface area contributed by atoms with Crippen LogP contribution in [0, 0.1) is 13.8 Å². The molecule has 7 heteroatoms. The van der Waals surface area contributed by atoms with Gasteiger partial charge in [0.1, 0.15) is 6.04 Å². The SMILES string of the molecule is CCc1cccc(C)c1NC(=O)[C@H](CC)N(c1cc(Cl)ccc1C)S(C)(=O)=O. The molecule has 2 aromatic rings. The summed E-state index contributed by atoms with van der Waals surface area (Å²) in [4.78, 5) is 13.2. The average Bonchev–Trinajstić information content (AvgIpc) is 2.62. The van der Waals surface area contributed by atoms with E-state index in [2.05, 4.69) is 5.32 Å². The van der Waals surface area contributed by atoms with Gasteiger partial charge in [-0.3, -0.25) is 9.10 Å². The van der Waals surface area contributed by atoms with E-state index < -0.39 is 16.1 Å². The minimum atomic E-state index is -3.72. The zero-order valence-electron chi connectivity index (χ0n) is 16.9. The van der Waals surface area contributed by atoms with Crippen LogP contribution in [-0.2, 0) is 21.2 Å². The van der Waals surface area contributed by atoms with Crippen LogP contribution in [0.3, 0.4) is 0 Å². The smallest absolute Gasteiger partial charge is 0.248 e. The molecule has 0 radical (unpaired) electrons. The first-order valence-electron chi connectivity index (χ1n) is 9.25. The lowest BCUT2D eigenvalue weighted by Gasteiger charge is -2.31. The largest absolute Gasteiger partial charge is 0.324 e. The minimum absolute atomic E-state index is 0.318. The maximum Gasteiger partial charge on any atom is 0.248 e. The number of anilines is 2. The Kier molecular flexibility index (Phi) is 7.12. The van der Waals surface area contributed by atoms with E-state index in [9.17, 15) is 13.2 Å². The molecule has 2 rings (SSSR count). The van der Waals surface area contributed by atoms with E-state index in [1.54, 1.807) is 32.0 Å². The lowest BCUT2D eigenvalue weighted by molar-refractivity contribution is -0.117. The monoisotopic (exact) mass is 422 g/mol. The van der Waals surface area contributed by atoms with E-state index in [1.165, 1.54) is 4.31 Å². The number of rotatable bonds is 7. The van der Waals surface area contributed by atoms with Gasteiger partial charge in [0.05, 0.1) is 11.9 Å². The lowest BCUT2D eigenvalue weighted by atomic mass is 10.0. The molecule has 1 N–H and O–H groups in total. The van der Waals surface area contributed by atoms with Crippen molar-refractivity contribution in [1.29, 1.82) is 0 Å². The second kappa shape index (κ2) is 8.97. The van der Waals surface area contributed by atoms with E-state index in [1.807, 2.05) is 32.0 Å². The molecule has 0 unspecified atom stereocenters. The Balaban J connectivity index is 2.50. The summed E-state index contributed by atoms with van der Waals surface area (Å²) in [6, 6.07) is 9.96. The van der Waals surface area contributed by atoms with Crippen LogP contribution in [0.4, 0.5) is 11.4 Å². The molecule has 0 fully saturated rings. The predicted octanol–water partition coefficient (Wildman–Crippen LogP) is 4.70. The molecule has 152 valence electrons. The molecule has 1 amide bonds. The van der Waals surface area contributed by atoms with Gasteiger partial charge in [-0.1, -0.05) is 49.7 Å². The summed E-state index contributed by atoms with van der Waals surface area (Å²) in [6.07, 6.45) is 2.18. The van der Waals surface area contributed by atoms with Gasteiger partial charge < -0.3 is 5.32 Å². The molecule has 0 aliphatic carbocycles. The molecule has 0 heterocycles. The predicted molar refractivity (Wildman–Crippen MR) is 117 cm³/mol. The van der Waals surface area contributed by atoms with E-state index >= 15 is 0 Å². The quantitative estimate of drug-likeness (QED) is 0.703. The first-order valence-corrected chi connectivity index (χ1v) is 11.5. The summed E-state index contributed by atoms with van der Waals surface area (Å²) >= 11 is 6.11.